The molecule has 6 rings (SSSR count). The van der Waals surface area contributed by atoms with Crippen molar-refractivity contribution in [3.63, 3.8) is 0 Å². The van der Waals surface area contributed by atoms with Gasteiger partial charge in [0.25, 0.3) is 0 Å². The van der Waals surface area contributed by atoms with Gasteiger partial charge >= 0.3 is 6.01 Å². The summed E-state index contributed by atoms with van der Waals surface area (Å²) in [5.74, 6) is 2.76. The van der Waals surface area contributed by atoms with E-state index in [1.54, 1.807) is 0 Å². The van der Waals surface area contributed by atoms with Crippen molar-refractivity contribution in [1.29, 1.82) is 0 Å². The highest BCUT2D eigenvalue weighted by Gasteiger charge is 2.39. The van der Waals surface area contributed by atoms with Gasteiger partial charge in [-0.3, -0.25) is 0 Å². The van der Waals surface area contributed by atoms with Crippen LogP contribution in [0.3, 0.4) is 0 Å². The Balaban J connectivity index is 1.34. The number of rotatable bonds is 6. The van der Waals surface area contributed by atoms with Gasteiger partial charge in [0, 0.05) is 31.6 Å². The monoisotopic (exact) mass is 584 g/mol. The van der Waals surface area contributed by atoms with Crippen LogP contribution in [0.4, 0.5) is 5.82 Å². The van der Waals surface area contributed by atoms with E-state index in [9.17, 15) is 0 Å². The molecule has 2 aliphatic heterocycles. The molecular formula is C31H45BrN4O2. The first-order chi connectivity index (χ1) is 18.4. The summed E-state index contributed by atoms with van der Waals surface area (Å²) in [6, 6.07) is 2.77. The molecule has 1 aromatic carbocycles. The van der Waals surface area contributed by atoms with Crippen LogP contribution in [0.2, 0.25) is 0 Å². The van der Waals surface area contributed by atoms with Gasteiger partial charge in [-0.15, -0.1) is 0 Å². The van der Waals surface area contributed by atoms with Gasteiger partial charge in [-0.05, 0) is 110 Å². The lowest BCUT2D eigenvalue weighted by atomic mass is 9.65. The van der Waals surface area contributed by atoms with Gasteiger partial charge in [0.2, 0.25) is 0 Å². The molecule has 1 spiro atoms. The molecule has 1 atom stereocenters. The molecule has 7 heteroatoms. The number of fused-ring (bicyclic) bond motifs is 1. The van der Waals surface area contributed by atoms with Gasteiger partial charge in [0.15, 0.2) is 5.75 Å². The van der Waals surface area contributed by atoms with Crippen LogP contribution in [0.25, 0.3) is 10.9 Å². The summed E-state index contributed by atoms with van der Waals surface area (Å²) in [4.78, 5) is 15.2. The minimum atomic E-state index is 0.168. The lowest BCUT2D eigenvalue weighted by Crippen LogP contribution is -2.42. The number of nitrogens with zero attached hydrogens (tertiary/aromatic N) is 4. The average Bonchev–Trinajstić information content (AvgIpc) is 2.89. The number of aryl methyl sites for hydroxylation is 1. The average molecular weight is 586 g/mol. The molecule has 208 valence electrons. The maximum atomic E-state index is 6.58. The molecule has 4 fully saturated rings. The standard InChI is InChI=1S/C31H45BrN4O2/c1-4-35-15-10-24(11-16-35)38-30-33-27-25(19-22(3)26(32)28(27)37-23-8-5-9-23)29(34-30)36-17-13-31(14-18-36)12-6-7-21(2)20-31/h19,21,23-24H,4-18,20H2,1-3H3. The summed E-state index contributed by atoms with van der Waals surface area (Å²) in [6.07, 6.45) is 14.1. The number of aromatic nitrogens is 2. The van der Waals surface area contributed by atoms with E-state index in [-0.39, 0.29) is 12.2 Å². The van der Waals surface area contributed by atoms with E-state index in [4.69, 9.17) is 19.4 Å². The van der Waals surface area contributed by atoms with Gasteiger partial charge in [0.05, 0.1) is 10.6 Å². The Morgan fingerprint density at radius 3 is 2.34 bits per heavy atom. The minimum absolute atomic E-state index is 0.168. The molecule has 38 heavy (non-hydrogen) atoms. The zero-order valence-electron chi connectivity index (χ0n) is 23.6. The van der Waals surface area contributed by atoms with Crippen molar-refractivity contribution in [2.45, 2.75) is 104 Å². The minimum Gasteiger partial charge on any atom is -0.487 e. The second-order valence-electron chi connectivity index (χ2n) is 12.7. The van der Waals surface area contributed by atoms with Crippen LogP contribution in [-0.4, -0.2) is 59.8 Å². The van der Waals surface area contributed by atoms with Gasteiger partial charge in [-0.25, -0.2) is 0 Å². The fourth-order valence-corrected chi connectivity index (χ4v) is 7.67. The topological polar surface area (TPSA) is 50.7 Å². The zero-order valence-corrected chi connectivity index (χ0v) is 25.2. The van der Waals surface area contributed by atoms with E-state index in [1.807, 2.05) is 0 Å². The largest absolute Gasteiger partial charge is 0.487 e. The SMILES string of the molecule is CCN1CCC(Oc2nc(N3CCC4(CCCC(C)C4)CC3)c3cc(C)c(Br)c(OC4CCC4)c3n2)CC1. The highest BCUT2D eigenvalue weighted by molar-refractivity contribution is 9.10. The summed E-state index contributed by atoms with van der Waals surface area (Å²) in [7, 11) is 0. The maximum Gasteiger partial charge on any atom is 0.319 e. The number of likely N-dealkylation sites (tertiary alicyclic amines) is 1. The number of hydrogen-bond acceptors (Lipinski definition) is 6. The summed E-state index contributed by atoms with van der Waals surface area (Å²) in [5.41, 5.74) is 2.60. The fraction of sp³-hybridized carbons (Fsp3) is 0.742. The normalized spacial score (nSPS) is 25.1. The molecule has 0 N–H and O–H groups in total. The zero-order chi connectivity index (χ0) is 26.3. The molecule has 6 nitrogen and oxygen atoms in total. The van der Waals surface area contributed by atoms with Crippen molar-refractivity contribution in [3.8, 4) is 11.8 Å². The maximum absolute atomic E-state index is 6.58. The molecule has 2 saturated carbocycles. The molecule has 4 aliphatic rings. The van der Waals surface area contributed by atoms with Crippen LogP contribution in [0.1, 0.15) is 90.0 Å². The molecule has 0 amide bonds. The van der Waals surface area contributed by atoms with E-state index in [1.165, 1.54) is 50.5 Å². The van der Waals surface area contributed by atoms with Gasteiger partial charge in [-0.2, -0.15) is 9.97 Å². The van der Waals surface area contributed by atoms with Crippen LogP contribution in [0, 0.1) is 18.3 Å². The first kappa shape index (κ1) is 26.6. The molecule has 3 heterocycles. The molecule has 1 aromatic heterocycles. The quantitative estimate of drug-likeness (QED) is 0.355. The Kier molecular flexibility index (Phi) is 7.78. The lowest BCUT2D eigenvalue weighted by Gasteiger charge is -2.46. The molecule has 0 radical (unpaired) electrons. The number of piperidine rings is 2. The second-order valence-corrected chi connectivity index (χ2v) is 13.5. The fourth-order valence-electron chi connectivity index (χ4n) is 7.27. The van der Waals surface area contributed by atoms with E-state index in [2.05, 4.69) is 52.6 Å². The van der Waals surface area contributed by atoms with Crippen LogP contribution in [0.5, 0.6) is 11.8 Å². The number of anilines is 1. The smallest absolute Gasteiger partial charge is 0.319 e. The first-order valence-electron chi connectivity index (χ1n) is 15.2. The second kappa shape index (κ2) is 11.1. The summed E-state index contributed by atoms with van der Waals surface area (Å²) in [5, 5.41) is 1.10. The van der Waals surface area contributed by atoms with Crippen molar-refractivity contribution in [3.05, 3.63) is 16.1 Å². The number of ether oxygens (including phenoxy) is 2. The van der Waals surface area contributed by atoms with Crippen molar-refractivity contribution in [2.24, 2.45) is 11.3 Å². The summed E-state index contributed by atoms with van der Waals surface area (Å²) < 4.78 is 14.1. The summed E-state index contributed by atoms with van der Waals surface area (Å²) >= 11 is 3.85. The third kappa shape index (κ3) is 5.39. The Labute approximate surface area is 237 Å². The van der Waals surface area contributed by atoms with Gasteiger partial charge in [0.1, 0.15) is 17.4 Å². The Morgan fingerprint density at radius 1 is 0.947 bits per heavy atom. The van der Waals surface area contributed by atoms with E-state index < -0.39 is 0 Å². The highest BCUT2D eigenvalue weighted by atomic mass is 79.9. The van der Waals surface area contributed by atoms with Crippen molar-refractivity contribution in [2.75, 3.05) is 37.6 Å². The number of hydrogen-bond donors (Lipinski definition) is 0. The van der Waals surface area contributed by atoms with Gasteiger partial charge in [-0.1, -0.05) is 26.7 Å². The van der Waals surface area contributed by atoms with Crippen molar-refractivity contribution >= 4 is 32.7 Å². The molecule has 0 bridgehead atoms. The van der Waals surface area contributed by atoms with Crippen molar-refractivity contribution < 1.29 is 9.47 Å². The molecular weight excluding hydrogens is 540 g/mol. The first-order valence-corrected chi connectivity index (χ1v) is 16.0. The van der Waals surface area contributed by atoms with E-state index in [0.717, 1.165) is 91.3 Å². The van der Waals surface area contributed by atoms with E-state index >= 15 is 0 Å². The Bertz CT molecular complexity index is 1140. The lowest BCUT2D eigenvalue weighted by molar-refractivity contribution is 0.0953. The number of halogens is 1. The number of benzene rings is 1. The van der Waals surface area contributed by atoms with Crippen LogP contribution in [-0.2, 0) is 0 Å². The third-order valence-electron chi connectivity index (χ3n) is 9.93. The third-order valence-corrected chi connectivity index (χ3v) is 10.9. The summed E-state index contributed by atoms with van der Waals surface area (Å²) in [6.45, 7) is 12.2. The predicted molar refractivity (Wildman–Crippen MR) is 158 cm³/mol. The van der Waals surface area contributed by atoms with Crippen LogP contribution >= 0.6 is 15.9 Å². The molecule has 2 aromatic rings. The Morgan fingerprint density at radius 2 is 1.68 bits per heavy atom. The predicted octanol–water partition coefficient (Wildman–Crippen LogP) is 7.29. The van der Waals surface area contributed by atoms with Crippen LogP contribution in [0.15, 0.2) is 10.5 Å². The van der Waals surface area contributed by atoms with Crippen molar-refractivity contribution in [1.82, 2.24) is 14.9 Å². The highest BCUT2D eigenvalue weighted by Crippen LogP contribution is 2.48. The molecule has 2 saturated heterocycles. The van der Waals surface area contributed by atoms with E-state index in [0.29, 0.717) is 11.4 Å². The van der Waals surface area contributed by atoms with Gasteiger partial charge < -0.3 is 19.3 Å². The molecule has 1 unspecified atom stereocenters. The molecule has 2 aliphatic carbocycles. The van der Waals surface area contributed by atoms with Crippen LogP contribution < -0.4 is 14.4 Å². The Hall–Kier alpha value is -1.60.